The van der Waals surface area contributed by atoms with Gasteiger partial charge in [0.25, 0.3) is 5.91 Å². The molecule has 6 heteroatoms. The molecule has 1 amide bonds. The number of halogens is 1. The van der Waals surface area contributed by atoms with Gasteiger partial charge in [-0.3, -0.25) is 4.79 Å². The minimum Gasteiger partial charge on any atom is -0.477 e. The maximum Gasteiger partial charge on any atom is 0.354 e. The third-order valence-electron chi connectivity index (χ3n) is 2.96. The molecule has 0 bridgehead atoms. The summed E-state index contributed by atoms with van der Waals surface area (Å²) in [4.78, 5) is 26.5. The summed E-state index contributed by atoms with van der Waals surface area (Å²) in [6, 6.07) is 8.16. The van der Waals surface area contributed by atoms with Crippen LogP contribution in [0.15, 0.2) is 42.6 Å². The van der Waals surface area contributed by atoms with Gasteiger partial charge in [0, 0.05) is 17.3 Å². The lowest BCUT2D eigenvalue weighted by molar-refractivity contribution is 0.0690. The average Bonchev–Trinajstić information content (AvgIpc) is 2.47. The smallest absolute Gasteiger partial charge is 0.354 e. The Morgan fingerprint density at radius 2 is 2.00 bits per heavy atom. The SMILES string of the molecule is CC(NC(=O)c1ccnc(C(=O)O)c1)c1ccccc1F. The number of aromatic carboxylic acids is 1. The van der Waals surface area contributed by atoms with Crippen LogP contribution in [0.25, 0.3) is 0 Å². The van der Waals surface area contributed by atoms with Gasteiger partial charge in [0.1, 0.15) is 11.5 Å². The molecule has 0 aliphatic carbocycles. The number of benzene rings is 1. The molecule has 2 aromatic rings. The number of hydrogen-bond donors (Lipinski definition) is 2. The zero-order valence-corrected chi connectivity index (χ0v) is 11.2. The highest BCUT2D eigenvalue weighted by molar-refractivity contribution is 5.96. The molecule has 1 aromatic heterocycles. The van der Waals surface area contributed by atoms with Crippen molar-refractivity contribution < 1.29 is 19.1 Å². The minimum absolute atomic E-state index is 0.158. The van der Waals surface area contributed by atoms with Crippen LogP contribution in [-0.4, -0.2) is 22.0 Å². The van der Waals surface area contributed by atoms with Gasteiger partial charge in [-0.15, -0.1) is 0 Å². The fourth-order valence-corrected chi connectivity index (χ4v) is 1.87. The molecule has 1 unspecified atom stereocenters. The van der Waals surface area contributed by atoms with E-state index >= 15 is 0 Å². The van der Waals surface area contributed by atoms with Gasteiger partial charge in [0.2, 0.25) is 0 Å². The summed E-state index contributed by atoms with van der Waals surface area (Å²) in [6.07, 6.45) is 1.24. The van der Waals surface area contributed by atoms with E-state index in [1.54, 1.807) is 25.1 Å². The number of hydrogen-bond acceptors (Lipinski definition) is 3. The molecule has 0 fully saturated rings. The van der Waals surface area contributed by atoms with Gasteiger partial charge < -0.3 is 10.4 Å². The van der Waals surface area contributed by atoms with Crippen LogP contribution in [0.4, 0.5) is 4.39 Å². The van der Waals surface area contributed by atoms with Crippen LogP contribution >= 0.6 is 0 Å². The molecule has 2 rings (SSSR count). The molecule has 108 valence electrons. The summed E-state index contributed by atoms with van der Waals surface area (Å²) in [7, 11) is 0. The summed E-state index contributed by atoms with van der Waals surface area (Å²) < 4.78 is 13.6. The topological polar surface area (TPSA) is 79.3 Å². The molecular weight excluding hydrogens is 275 g/mol. The van der Waals surface area contributed by atoms with Crippen molar-refractivity contribution in [1.82, 2.24) is 10.3 Å². The second-order valence-corrected chi connectivity index (χ2v) is 4.45. The number of rotatable bonds is 4. The molecular formula is C15H13FN2O3. The Kier molecular flexibility index (Phi) is 4.27. The molecule has 0 radical (unpaired) electrons. The highest BCUT2D eigenvalue weighted by Gasteiger charge is 2.15. The fourth-order valence-electron chi connectivity index (χ4n) is 1.87. The van der Waals surface area contributed by atoms with Gasteiger partial charge in [-0.2, -0.15) is 0 Å². The monoisotopic (exact) mass is 288 g/mol. The third kappa shape index (κ3) is 3.42. The van der Waals surface area contributed by atoms with E-state index in [0.717, 1.165) is 0 Å². The molecule has 0 spiro atoms. The van der Waals surface area contributed by atoms with Crippen LogP contribution < -0.4 is 5.32 Å². The Morgan fingerprint density at radius 1 is 1.29 bits per heavy atom. The number of aromatic nitrogens is 1. The predicted octanol–water partition coefficient (Wildman–Crippen LogP) is 2.41. The molecule has 1 aromatic carbocycles. The number of pyridine rings is 1. The van der Waals surface area contributed by atoms with Crippen molar-refractivity contribution in [2.24, 2.45) is 0 Å². The van der Waals surface area contributed by atoms with E-state index in [1.165, 1.54) is 24.4 Å². The zero-order valence-electron chi connectivity index (χ0n) is 11.2. The molecule has 1 atom stereocenters. The van der Waals surface area contributed by atoms with Crippen molar-refractivity contribution in [3.63, 3.8) is 0 Å². The Hall–Kier alpha value is -2.76. The lowest BCUT2D eigenvalue weighted by Gasteiger charge is -2.15. The van der Waals surface area contributed by atoms with Crippen molar-refractivity contribution in [2.45, 2.75) is 13.0 Å². The van der Waals surface area contributed by atoms with E-state index in [9.17, 15) is 14.0 Å². The van der Waals surface area contributed by atoms with Crippen molar-refractivity contribution in [3.05, 3.63) is 65.2 Å². The van der Waals surface area contributed by atoms with E-state index in [0.29, 0.717) is 5.56 Å². The molecule has 2 N–H and O–H groups in total. The lowest BCUT2D eigenvalue weighted by Crippen LogP contribution is -2.27. The highest BCUT2D eigenvalue weighted by Crippen LogP contribution is 2.16. The minimum atomic E-state index is -1.22. The Balaban J connectivity index is 2.16. The average molecular weight is 288 g/mol. The second-order valence-electron chi connectivity index (χ2n) is 4.45. The summed E-state index contributed by atoms with van der Waals surface area (Å²) in [5.74, 6) is -2.12. The van der Waals surface area contributed by atoms with Gasteiger partial charge in [0.05, 0.1) is 6.04 Å². The number of carbonyl (C=O) groups is 2. The summed E-state index contributed by atoms with van der Waals surface area (Å²) in [6.45, 7) is 1.65. The lowest BCUT2D eigenvalue weighted by atomic mass is 10.1. The van der Waals surface area contributed by atoms with Crippen molar-refractivity contribution in [2.75, 3.05) is 0 Å². The van der Waals surface area contributed by atoms with Crippen LogP contribution in [0.5, 0.6) is 0 Å². The second kappa shape index (κ2) is 6.13. The highest BCUT2D eigenvalue weighted by atomic mass is 19.1. The van der Waals surface area contributed by atoms with Crippen molar-refractivity contribution in [1.29, 1.82) is 0 Å². The number of nitrogens with one attached hydrogen (secondary N) is 1. The van der Waals surface area contributed by atoms with E-state index < -0.39 is 23.7 Å². The van der Waals surface area contributed by atoms with E-state index in [2.05, 4.69) is 10.3 Å². The molecule has 21 heavy (non-hydrogen) atoms. The molecule has 0 aliphatic rings. The van der Waals surface area contributed by atoms with E-state index in [4.69, 9.17) is 5.11 Å². The van der Waals surface area contributed by atoms with Gasteiger partial charge in [-0.1, -0.05) is 18.2 Å². The van der Waals surface area contributed by atoms with Gasteiger partial charge in [-0.25, -0.2) is 14.2 Å². The van der Waals surface area contributed by atoms with E-state index in [1.807, 2.05) is 0 Å². The maximum absolute atomic E-state index is 13.6. The van der Waals surface area contributed by atoms with Crippen LogP contribution in [0, 0.1) is 5.82 Å². The van der Waals surface area contributed by atoms with Gasteiger partial charge in [0.15, 0.2) is 0 Å². The Bertz CT molecular complexity index is 688. The number of amides is 1. The summed E-state index contributed by atoms with van der Waals surface area (Å²) in [5, 5.41) is 11.5. The maximum atomic E-state index is 13.6. The molecule has 0 aliphatic heterocycles. The van der Waals surface area contributed by atoms with Crippen LogP contribution in [0.1, 0.15) is 39.4 Å². The predicted molar refractivity (Wildman–Crippen MR) is 73.5 cm³/mol. The molecule has 1 heterocycles. The first kappa shape index (κ1) is 14.6. The third-order valence-corrected chi connectivity index (χ3v) is 2.96. The molecule has 0 saturated heterocycles. The fraction of sp³-hybridized carbons (Fsp3) is 0.133. The number of nitrogens with zero attached hydrogens (tertiary/aromatic N) is 1. The normalized spacial score (nSPS) is 11.7. The number of carboxylic acids is 1. The number of carboxylic acid groups (broad SMARTS) is 1. The first-order valence-electron chi connectivity index (χ1n) is 6.23. The van der Waals surface area contributed by atoms with Crippen LogP contribution in [0.3, 0.4) is 0 Å². The standard InChI is InChI=1S/C15H13FN2O3/c1-9(11-4-2-3-5-12(11)16)18-14(19)10-6-7-17-13(8-10)15(20)21/h2-9H,1H3,(H,18,19)(H,20,21). The van der Waals surface area contributed by atoms with E-state index in [-0.39, 0.29) is 11.3 Å². The Labute approximate surface area is 120 Å². The number of carbonyl (C=O) groups excluding carboxylic acids is 1. The van der Waals surface area contributed by atoms with Gasteiger partial charge >= 0.3 is 5.97 Å². The van der Waals surface area contributed by atoms with Crippen LogP contribution in [0.2, 0.25) is 0 Å². The van der Waals surface area contributed by atoms with Gasteiger partial charge in [-0.05, 0) is 25.1 Å². The summed E-state index contributed by atoms with van der Waals surface area (Å²) in [5.41, 5.74) is 0.296. The zero-order chi connectivity index (χ0) is 15.4. The quantitative estimate of drug-likeness (QED) is 0.905. The van der Waals surface area contributed by atoms with Crippen LogP contribution in [-0.2, 0) is 0 Å². The first-order chi connectivity index (χ1) is 9.99. The first-order valence-corrected chi connectivity index (χ1v) is 6.23. The van der Waals surface area contributed by atoms with Crippen molar-refractivity contribution >= 4 is 11.9 Å². The molecule has 5 nitrogen and oxygen atoms in total. The Morgan fingerprint density at radius 3 is 2.67 bits per heavy atom. The van der Waals surface area contributed by atoms with Crippen molar-refractivity contribution in [3.8, 4) is 0 Å². The molecule has 0 saturated carbocycles. The largest absolute Gasteiger partial charge is 0.477 e. The summed E-state index contributed by atoms with van der Waals surface area (Å²) >= 11 is 0.